The number of rotatable bonds is 11. The maximum Gasteiger partial charge on any atom is 0.318 e. The molecule has 2 rings (SSSR count). The summed E-state index contributed by atoms with van der Waals surface area (Å²) in [6, 6.07) is 9.59. The molecule has 0 saturated heterocycles. The molecule has 0 atom stereocenters. The Morgan fingerprint density at radius 3 is 2.33 bits per heavy atom. The fourth-order valence-corrected chi connectivity index (χ4v) is 4.09. The summed E-state index contributed by atoms with van der Waals surface area (Å²) < 4.78 is 10.7. The van der Waals surface area contributed by atoms with E-state index in [0.29, 0.717) is 37.6 Å². The molecule has 182 valence electrons. The molecule has 0 aliphatic heterocycles. The minimum atomic E-state index is -0.365. The summed E-state index contributed by atoms with van der Waals surface area (Å²) >= 11 is 1.62. The summed E-state index contributed by atoms with van der Waals surface area (Å²) in [6.07, 6.45) is 1.45. The van der Waals surface area contributed by atoms with Crippen molar-refractivity contribution in [3.05, 3.63) is 46.2 Å². The lowest BCUT2D eigenvalue weighted by atomic mass is 10.1. The fraction of sp³-hybridized carbons (Fsp3) is 0.520. The third kappa shape index (κ3) is 8.61. The van der Waals surface area contributed by atoms with Crippen LogP contribution in [0.5, 0.6) is 11.5 Å². The molecule has 1 aromatic carbocycles. The van der Waals surface area contributed by atoms with Crippen molar-refractivity contribution < 1.29 is 19.1 Å². The third-order valence-corrected chi connectivity index (χ3v) is 5.85. The van der Waals surface area contributed by atoms with Crippen LogP contribution in [0.3, 0.4) is 0 Å². The van der Waals surface area contributed by atoms with Crippen LogP contribution in [0.1, 0.15) is 44.6 Å². The van der Waals surface area contributed by atoms with Crippen LogP contribution in [0.2, 0.25) is 0 Å². The predicted molar refractivity (Wildman–Crippen MR) is 133 cm³/mol. The van der Waals surface area contributed by atoms with Gasteiger partial charge in [-0.15, -0.1) is 11.3 Å². The standard InChI is InChI=1S/C25H37N3O4S/c1-7-13-28(24(30)26-25(2,3)4)18-23(29)27(17-20-9-8-15-33-20)14-12-19-10-11-21(31-5)22(16-19)32-6/h8-11,15-16H,7,12-14,17-18H2,1-6H3,(H,26,30). The molecule has 0 spiro atoms. The van der Waals surface area contributed by atoms with Gasteiger partial charge in [-0.3, -0.25) is 4.79 Å². The van der Waals surface area contributed by atoms with Crippen molar-refractivity contribution in [2.24, 2.45) is 0 Å². The topological polar surface area (TPSA) is 71.1 Å². The van der Waals surface area contributed by atoms with Gasteiger partial charge in [-0.25, -0.2) is 4.79 Å². The first kappa shape index (κ1) is 26.5. The third-order valence-electron chi connectivity index (χ3n) is 4.99. The number of nitrogens with one attached hydrogen (secondary N) is 1. The number of hydrogen-bond donors (Lipinski definition) is 1. The van der Waals surface area contributed by atoms with E-state index in [1.54, 1.807) is 30.5 Å². The molecular formula is C25H37N3O4S. The van der Waals surface area contributed by atoms with Crippen LogP contribution >= 0.6 is 11.3 Å². The fourth-order valence-electron chi connectivity index (χ4n) is 3.37. The smallest absolute Gasteiger partial charge is 0.318 e. The normalized spacial score (nSPS) is 11.1. The van der Waals surface area contributed by atoms with Gasteiger partial charge in [-0.2, -0.15) is 0 Å². The van der Waals surface area contributed by atoms with E-state index in [1.165, 1.54) is 0 Å². The lowest BCUT2D eigenvalue weighted by molar-refractivity contribution is -0.132. The van der Waals surface area contributed by atoms with E-state index >= 15 is 0 Å². The van der Waals surface area contributed by atoms with Gasteiger partial charge in [0.25, 0.3) is 0 Å². The van der Waals surface area contributed by atoms with Crippen LogP contribution in [0, 0.1) is 0 Å². The van der Waals surface area contributed by atoms with Crippen LogP contribution < -0.4 is 14.8 Å². The summed E-state index contributed by atoms with van der Waals surface area (Å²) in [5.74, 6) is 1.27. The first-order chi connectivity index (χ1) is 15.7. The molecule has 8 heteroatoms. The van der Waals surface area contributed by atoms with Crippen molar-refractivity contribution >= 4 is 23.3 Å². The molecule has 3 amide bonds. The second-order valence-electron chi connectivity index (χ2n) is 8.94. The van der Waals surface area contributed by atoms with E-state index in [1.807, 2.05) is 68.3 Å². The monoisotopic (exact) mass is 475 g/mol. The summed E-state index contributed by atoms with van der Waals surface area (Å²) in [7, 11) is 3.22. The zero-order chi connectivity index (χ0) is 24.4. The minimum absolute atomic E-state index is 0.0487. The van der Waals surface area contributed by atoms with Crippen molar-refractivity contribution in [2.45, 2.75) is 52.6 Å². The summed E-state index contributed by atoms with van der Waals surface area (Å²) in [4.78, 5) is 30.6. The Balaban J connectivity index is 2.14. The minimum Gasteiger partial charge on any atom is -0.493 e. The molecule has 1 heterocycles. The molecule has 1 aromatic heterocycles. The molecule has 33 heavy (non-hydrogen) atoms. The largest absolute Gasteiger partial charge is 0.493 e. The lowest BCUT2D eigenvalue weighted by Crippen LogP contribution is -2.51. The van der Waals surface area contributed by atoms with Crippen LogP contribution in [0.15, 0.2) is 35.7 Å². The number of benzene rings is 1. The van der Waals surface area contributed by atoms with E-state index < -0.39 is 0 Å². The number of thiophene rings is 1. The number of methoxy groups -OCH3 is 2. The summed E-state index contributed by atoms with van der Waals surface area (Å²) in [6.45, 7) is 9.43. The Bertz CT molecular complexity index is 894. The van der Waals surface area contributed by atoms with Crippen LogP contribution in [-0.4, -0.2) is 61.1 Å². The van der Waals surface area contributed by atoms with E-state index in [2.05, 4.69) is 5.32 Å². The Hall–Kier alpha value is -2.74. The summed E-state index contributed by atoms with van der Waals surface area (Å²) in [5, 5.41) is 4.97. The molecule has 0 radical (unpaired) electrons. The maximum absolute atomic E-state index is 13.3. The molecule has 2 aromatic rings. The highest BCUT2D eigenvalue weighted by molar-refractivity contribution is 7.09. The maximum atomic E-state index is 13.3. The molecule has 0 fully saturated rings. The van der Waals surface area contributed by atoms with Gasteiger partial charge in [0.1, 0.15) is 6.54 Å². The van der Waals surface area contributed by atoms with Crippen LogP contribution in [0.25, 0.3) is 0 Å². The Kier molecular flexibility index (Phi) is 10.0. The highest BCUT2D eigenvalue weighted by Crippen LogP contribution is 2.28. The van der Waals surface area contributed by atoms with Gasteiger partial charge in [0.2, 0.25) is 5.91 Å². The number of urea groups is 1. The van der Waals surface area contributed by atoms with Gasteiger partial charge in [0.05, 0.1) is 20.8 Å². The first-order valence-electron chi connectivity index (χ1n) is 11.2. The van der Waals surface area contributed by atoms with Crippen molar-refractivity contribution in [3.63, 3.8) is 0 Å². The number of ether oxygens (including phenoxy) is 2. The molecule has 0 bridgehead atoms. The van der Waals surface area contributed by atoms with E-state index in [-0.39, 0.29) is 24.0 Å². The molecule has 0 aliphatic rings. The zero-order valence-electron chi connectivity index (χ0n) is 20.6. The van der Waals surface area contributed by atoms with Gasteiger partial charge in [0, 0.05) is 23.5 Å². The summed E-state index contributed by atoms with van der Waals surface area (Å²) in [5.41, 5.74) is 0.684. The average molecular weight is 476 g/mol. The van der Waals surface area contributed by atoms with E-state index in [9.17, 15) is 9.59 Å². The van der Waals surface area contributed by atoms with Crippen molar-refractivity contribution in [1.82, 2.24) is 15.1 Å². The van der Waals surface area contributed by atoms with E-state index in [0.717, 1.165) is 16.9 Å². The number of nitrogens with zero attached hydrogens (tertiary/aromatic N) is 2. The Labute approximate surface area is 201 Å². The molecule has 7 nitrogen and oxygen atoms in total. The van der Waals surface area contributed by atoms with Crippen molar-refractivity contribution in [3.8, 4) is 11.5 Å². The number of amides is 3. The van der Waals surface area contributed by atoms with E-state index in [4.69, 9.17) is 9.47 Å². The van der Waals surface area contributed by atoms with Crippen LogP contribution in [-0.2, 0) is 17.8 Å². The quantitative estimate of drug-likeness (QED) is 0.517. The molecule has 1 N–H and O–H groups in total. The van der Waals surface area contributed by atoms with Crippen LogP contribution in [0.4, 0.5) is 4.79 Å². The SMILES string of the molecule is CCCN(CC(=O)N(CCc1ccc(OC)c(OC)c1)Cc1cccs1)C(=O)NC(C)(C)C. The van der Waals surface area contributed by atoms with Gasteiger partial charge in [-0.05, 0) is 62.8 Å². The van der Waals surface area contributed by atoms with Gasteiger partial charge >= 0.3 is 6.03 Å². The molecule has 0 saturated carbocycles. The second kappa shape index (κ2) is 12.5. The Morgan fingerprint density at radius 2 is 1.76 bits per heavy atom. The Morgan fingerprint density at radius 1 is 1.03 bits per heavy atom. The van der Waals surface area contributed by atoms with Gasteiger partial charge in [0.15, 0.2) is 11.5 Å². The predicted octanol–water partition coefficient (Wildman–Crippen LogP) is 4.56. The van der Waals surface area contributed by atoms with Gasteiger partial charge in [-0.1, -0.05) is 19.1 Å². The highest BCUT2D eigenvalue weighted by Gasteiger charge is 2.24. The first-order valence-corrected chi connectivity index (χ1v) is 12.1. The second-order valence-corrected chi connectivity index (χ2v) is 9.97. The number of hydrogen-bond acceptors (Lipinski definition) is 5. The zero-order valence-corrected chi connectivity index (χ0v) is 21.5. The van der Waals surface area contributed by atoms with Crippen molar-refractivity contribution in [2.75, 3.05) is 33.9 Å². The number of carbonyl (C=O) groups is 2. The average Bonchev–Trinajstić information content (AvgIpc) is 3.28. The molecule has 0 aliphatic carbocycles. The van der Waals surface area contributed by atoms with Crippen molar-refractivity contribution in [1.29, 1.82) is 0 Å². The highest BCUT2D eigenvalue weighted by atomic mass is 32.1. The molecule has 0 unspecified atom stereocenters. The lowest BCUT2D eigenvalue weighted by Gasteiger charge is -2.30. The van der Waals surface area contributed by atoms with Gasteiger partial charge < -0.3 is 24.6 Å². The number of carbonyl (C=O) groups excluding carboxylic acids is 2. The molecular weight excluding hydrogens is 438 g/mol.